The van der Waals surface area contributed by atoms with Crippen LogP contribution < -0.4 is 9.23 Å². The molecule has 3 rings (SSSR count). The van der Waals surface area contributed by atoms with Gasteiger partial charge in [0.2, 0.25) is 10.0 Å². The van der Waals surface area contributed by atoms with Gasteiger partial charge in [-0.05, 0) is 42.5 Å². The van der Waals surface area contributed by atoms with E-state index in [0.717, 1.165) is 14.2 Å². The number of halogens is 2. The highest BCUT2D eigenvalue weighted by molar-refractivity contribution is 7.94. The van der Waals surface area contributed by atoms with E-state index >= 15 is 0 Å². The van der Waals surface area contributed by atoms with Crippen molar-refractivity contribution in [2.45, 2.75) is 4.90 Å². The van der Waals surface area contributed by atoms with Crippen LogP contribution >= 0.6 is 19.3 Å². The number of methoxy groups -OCH3 is 1. The van der Waals surface area contributed by atoms with Gasteiger partial charge in [-0.25, -0.2) is 22.4 Å². The number of benzene rings is 2. The van der Waals surface area contributed by atoms with Crippen LogP contribution in [0.4, 0.5) is 4.39 Å². The predicted octanol–water partition coefficient (Wildman–Crippen LogP) is 4.02. The Morgan fingerprint density at radius 1 is 1.10 bits per heavy atom. The molecule has 1 aromatic heterocycles. The van der Waals surface area contributed by atoms with Crippen LogP contribution in [-0.2, 0) is 23.6 Å². The van der Waals surface area contributed by atoms with Crippen LogP contribution in [0.15, 0.2) is 53.7 Å². The third-order valence-corrected chi connectivity index (χ3v) is 8.27. The van der Waals surface area contributed by atoms with Crippen molar-refractivity contribution < 1.29 is 31.2 Å². The van der Waals surface area contributed by atoms with E-state index in [4.69, 9.17) is 16.3 Å². The number of rotatable bonds is 8. The van der Waals surface area contributed by atoms with Gasteiger partial charge < -0.3 is 4.74 Å². The van der Waals surface area contributed by atoms with Gasteiger partial charge in [0, 0.05) is 25.5 Å². The molecule has 13 heteroatoms. The van der Waals surface area contributed by atoms with Crippen molar-refractivity contribution in [1.82, 2.24) is 14.0 Å². The van der Waals surface area contributed by atoms with Gasteiger partial charge in [0.05, 0.1) is 17.7 Å². The summed E-state index contributed by atoms with van der Waals surface area (Å²) in [4.78, 5) is 3.89. The van der Waals surface area contributed by atoms with Crippen LogP contribution in [0.3, 0.4) is 0 Å². The Kier molecular flexibility index (Phi) is 6.85. The zero-order valence-corrected chi connectivity index (χ0v) is 19.0. The highest BCUT2D eigenvalue weighted by atomic mass is 35.5. The standard InChI is InChI=1S/C18H18ClFN3O6PS/c1-27-16-9-4-12(10-15(16)20)17-18(19)21-11-23(17)13-5-7-14(8-6-13)31(25,26)22-30(24,28-2)29-3/h4-11H,1-3H3,(H,22,24). The van der Waals surface area contributed by atoms with E-state index in [9.17, 15) is 17.4 Å². The normalized spacial score (nSPS) is 12.2. The van der Waals surface area contributed by atoms with Gasteiger partial charge in [0.1, 0.15) is 6.33 Å². The number of nitrogens with one attached hydrogen (secondary N) is 1. The number of aromatic nitrogens is 2. The molecule has 3 aromatic rings. The maximum Gasteiger partial charge on any atom is 0.418 e. The molecule has 0 spiro atoms. The molecule has 0 unspecified atom stereocenters. The molecule has 0 bridgehead atoms. The lowest BCUT2D eigenvalue weighted by Gasteiger charge is -2.15. The summed E-state index contributed by atoms with van der Waals surface area (Å²) in [6.45, 7) is 0. The van der Waals surface area contributed by atoms with E-state index < -0.39 is 23.6 Å². The number of hydrogen-bond acceptors (Lipinski definition) is 7. The Hall–Kier alpha value is -2.27. The minimum absolute atomic E-state index is 0.0809. The van der Waals surface area contributed by atoms with Crippen molar-refractivity contribution >= 4 is 29.4 Å². The van der Waals surface area contributed by atoms with E-state index in [1.165, 1.54) is 49.8 Å². The molecule has 0 aliphatic carbocycles. The summed E-state index contributed by atoms with van der Waals surface area (Å²) < 4.78 is 68.8. The molecule has 0 aliphatic heterocycles. The van der Waals surface area contributed by atoms with E-state index in [-0.39, 0.29) is 15.8 Å². The summed E-state index contributed by atoms with van der Waals surface area (Å²) >= 11 is 6.21. The first-order valence-corrected chi connectivity index (χ1v) is 12.0. The van der Waals surface area contributed by atoms with E-state index in [1.807, 2.05) is 4.49 Å². The summed E-state index contributed by atoms with van der Waals surface area (Å²) in [5.41, 5.74) is 1.35. The molecule has 0 aliphatic rings. The smallest absolute Gasteiger partial charge is 0.418 e. The maximum absolute atomic E-state index is 14.2. The minimum atomic E-state index is -4.19. The second kappa shape index (κ2) is 9.07. The molecule has 1 heterocycles. The summed E-state index contributed by atoms with van der Waals surface area (Å²) in [7, 11) is -4.73. The molecule has 1 N–H and O–H groups in total. The Bertz CT molecular complexity index is 1240. The van der Waals surface area contributed by atoms with Crippen LogP contribution in [0.1, 0.15) is 0 Å². The number of hydrogen-bond donors (Lipinski definition) is 1. The number of sulfonamides is 1. The van der Waals surface area contributed by atoms with E-state index in [1.54, 1.807) is 10.6 Å². The summed E-state index contributed by atoms with van der Waals surface area (Å²) in [5, 5.41) is 0.129. The van der Waals surface area contributed by atoms with Crippen molar-refractivity contribution in [1.29, 1.82) is 0 Å². The van der Waals surface area contributed by atoms with Gasteiger partial charge in [0.25, 0.3) is 0 Å². The van der Waals surface area contributed by atoms with Gasteiger partial charge in [-0.1, -0.05) is 11.6 Å². The molecule has 0 fully saturated rings. The number of nitrogens with zero attached hydrogens (tertiary/aromatic N) is 2. The molecule has 2 aromatic carbocycles. The molecule has 31 heavy (non-hydrogen) atoms. The zero-order chi connectivity index (χ0) is 22.8. The fraction of sp³-hybridized carbons (Fsp3) is 0.167. The molecule has 0 saturated carbocycles. The lowest BCUT2D eigenvalue weighted by molar-refractivity contribution is 0.272. The van der Waals surface area contributed by atoms with Crippen LogP contribution in [-0.4, -0.2) is 39.3 Å². The highest BCUT2D eigenvalue weighted by Gasteiger charge is 2.30. The molecule has 9 nitrogen and oxygen atoms in total. The molecule has 0 atom stereocenters. The van der Waals surface area contributed by atoms with Crippen LogP contribution in [0.2, 0.25) is 5.15 Å². The first-order chi connectivity index (χ1) is 14.6. The Morgan fingerprint density at radius 2 is 1.74 bits per heavy atom. The molecular formula is C18H18ClFN3O6PS. The molecule has 166 valence electrons. The predicted molar refractivity (Wildman–Crippen MR) is 112 cm³/mol. The Balaban J connectivity index is 1.98. The summed E-state index contributed by atoms with van der Waals surface area (Å²) in [5.74, 6) is -0.491. The van der Waals surface area contributed by atoms with Crippen LogP contribution in [0, 0.1) is 5.82 Å². The number of ether oxygens (including phenoxy) is 1. The van der Waals surface area contributed by atoms with E-state index in [0.29, 0.717) is 16.9 Å². The van der Waals surface area contributed by atoms with Crippen molar-refractivity contribution in [2.24, 2.45) is 0 Å². The zero-order valence-electron chi connectivity index (χ0n) is 16.6. The third kappa shape index (κ3) is 4.82. The first kappa shape index (κ1) is 23.4. The highest BCUT2D eigenvalue weighted by Crippen LogP contribution is 2.43. The maximum atomic E-state index is 14.2. The van der Waals surface area contributed by atoms with Gasteiger partial charge >= 0.3 is 7.75 Å². The van der Waals surface area contributed by atoms with Crippen LogP contribution in [0.5, 0.6) is 5.75 Å². The Labute approximate surface area is 183 Å². The molecular weight excluding hydrogens is 472 g/mol. The monoisotopic (exact) mass is 489 g/mol. The largest absolute Gasteiger partial charge is 0.494 e. The average Bonchev–Trinajstić information content (AvgIpc) is 3.14. The first-order valence-electron chi connectivity index (χ1n) is 8.57. The van der Waals surface area contributed by atoms with Crippen molar-refractivity contribution in [3.63, 3.8) is 0 Å². The van der Waals surface area contributed by atoms with Crippen molar-refractivity contribution in [2.75, 3.05) is 21.3 Å². The second-order valence-corrected chi connectivity index (χ2v) is 10.3. The number of imidazole rings is 1. The molecule has 0 radical (unpaired) electrons. The average molecular weight is 490 g/mol. The van der Waals surface area contributed by atoms with Gasteiger partial charge in [0.15, 0.2) is 16.7 Å². The molecule has 0 saturated heterocycles. The van der Waals surface area contributed by atoms with E-state index in [2.05, 4.69) is 14.0 Å². The van der Waals surface area contributed by atoms with Gasteiger partial charge in [-0.3, -0.25) is 13.6 Å². The van der Waals surface area contributed by atoms with Gasteiger partial charge in [-0.15, -0.1) is 4.49 Å². The quantitative estimate of drug-likeness (QED) is 0.476. The van der Waals surface area contributed by atoms with Crippen molar-refractivity contribution in [3.8, 4) is 22.7 Å². The van der Waals surface area contributed by atoms with Crippen molar-refractivity contribution in [3.05, 3.63) is 59.8 Å². The lowest BCUT2D eigenvalue weighted by Crippen LogP contribution is -2.22. The fourth-order valence-corrected chi connectivity index (χ4v) is 5.81. The SMILES string of the molecule is COc1ccc(-c2c(Cl)ncn2-c2ccc(S(=O)(=O)NP(=O)(OC)OC)cc2)cc1F. The summed E-state index contributed by atoms with van der Waals surface area (Å²) in [6.07, 6.45) is 1.42. The third-order valence-electron chi connectivity index (χ3n) is 4.29. The molecule has 0 amide bonds. The minimum Gasteiger partial charge on any atom is -0.494 e. The topological polar surface area (TPSA) is 109 Å². The van der Waals surface area contributed by atoms with Gasteiger partial charge in [-0.2, -0.15) is 0 Å². The van der Waals surface area contributed by atoms with Crippen LogP contribution in [0.25, 0.3) is 16.9 Å². The Morgan fingerprint density at radius 3 is 2.29 bits per heavy atom. The lowest BCUT2D eigenvalue weighted by atomic mass is 10.1. The second-order valence-electron chi connectivity index (χ2n) is 6.05. The summed E-state index contributed by atoms with van der Waals surface area (Å²) in [6, 6.07) is 9.90. The fourth-order valence-electron chi connectivity index (χ4n) is 2.73.